The van der Waals surface area contributed by atoms with Crippen molar-refractivity contribution in [2.24, 2.45) is 0 Å². The Hall–Kier alpha value is -3.42. The number of rotatable bonds is 12. The molecule has 0 spiro atoms. The third-order valence-electron chi connectivity index (χ3n) is 13.4. The van der Waals surface area contributed by atoms with E-state index in [1.165, 1.54) is 134 Å². The maximum atomic E-state index is 2.70. The lowest BCUT2D eigenvalue weighted by Crippen LogP contribution is -2.32. The highest BCUT2D eigenvalue weighted by atomic mass is 28.3. The normalized spacial score (nSPS) is 18.2. The molecule has 2 radical (unpaired) electrons. The number of hydrogen-bond donors (Lipinski definition) is 0. The Morgan fingerprint density at radius 1 is 0.491 bits per heavy atom. The summed E-state index contributed by atoms with van der Waals surface area (Å²) in [5, 5.41) is 3.39. The third kappa shape index (κ3) is 7.25. The van der Waals surface area contributed by atoms with Crippen molar-refractivity contribution in [2.45, 2.75) is 142 Å². The summed E-state index contributed by atoms with van der Waals surface area (Å²) < 4.78 is 0. The maximum Gasteiger partial charge on any atom is 0.113 e. The standard InChI is InChI=1S/C52H62Si/c1-5-7-17-45-35-43-23-15-25-47(41-31-27-39(28-32-41)37-19-11-9-12-20-37)49(43)51(45)53(3,4)52-46(18-8-6-2)36-44-24-16-26-48(50(44)52)42-33-29-40(30-34-42)38-21-13-10-14-22-38/h15-16,23-38H,5-14,17-22H2,1-4H3. The molecule has 0 bridgehead atoms. The number of hydrogen-bond acceptors (Lipinski definition) is 0. The van der Waals surface area contributed by atoms with Crippen LogP contribution in [0.15, 0.2) is 96.1 Å². The van der Waals surface area contributed by atoms with Gasteiger partial charge in [0.2, 0.25) is 0 Å². The van der Waals surface area contributed by atoms with E-state index in [1.807, 2.05) is 0 Å². The topological polar surface area (TPSA) is 0 Å². The molecule has 0 heterocycles. The summed E-state index contributed by atoms with van der Waals surface area (Å²) in [7, 11) is -2.27. The number of benzene rings is 4. The quantitative estimate of drug-likeness (QED) is 0.128. The molecular formula is C52H62Si. The summed E-state index contributed by atoms with van der Waals surface area (Å²) in [5.41, 5.74) is 17.9. The van der Waals surface area contributed by atoms with Crippen LogP contribution in [-0.2, 0) is 0 Å². The smallest absolute Gasteiger partial charge is 0.0654 e. The van der Waals surface area contributed by atoms with Gasteiger partial charge in [-0.05, 0) is 129 Å². The minimum Gasteiger partial charge on any atom is -0.0654 e. The van der Waals surface area contributed by atoms with Gasteiger partial charge in [-0.1, -0.05) is 174 Å². The molecule has 4 aliphatic carbocycles. The molecule has 8 rings (SSSR count). The van der Waals surface area contributed by atoms with E-state index < -0.39 is 8.07 Å². The molecule has 0 unspecified atom stereocenters. The van der Waals surface area contributed by atoms with Crippen LogP contribution < -0.4 is 0 Å². The second-order valence-electron chi connectivity index (χ2n) is 17.4. The molecule has 1 heteroatoms. The highest BCUT2D eigenvalue weighted by molar-refractivity contribution is 7.09. The molecule has 0 aromatic heterocycles. The molecule has 0 atom stereocenters. The summed E-state index contributed by atoms with van der Waals surface area (Å²) >= 11 is 0. The van der Waals surface area contributed by atoms with E-state index in [9.17, 15) is 0 Å². The van der Waals surface area contributed by atoms with Crippen molar-refractivity contribution in [1.82, 2.24) is 0 Å². The zero-order valence-electron chi connectivity index (χ0n) is 33.2. The van der Waals surface area contributed by atoms with Gasteiger partial charge in [0.25, 0.3) is 0 Å². The molecule has 0 aliphatic heterocycles. The van der Waals surface area contributed by atoms with Gasteiger partial charge in [-0.2, -0.15) is 0 Å². The summed E-state index contributed by atoms with van der Waals surface area (Å²) in [6.07, 6.45) is 26.2. The average molecular weight is 715 g/mol. The molecule has 53 heavy (non-hydrogen) atoms. The summed E-state index contributed by atoms with van der Waals surface area (Å²) in [6, 6.07) is 34.0. The number of allylic oxidation sites excluding steroid dienone is 2. The van der Waals surface area contributed by atoms with E-state index in [2.05, 4.69) is 125 Å². The second-order valence-corrected chi connectivity index (χ2v) is 21.6. The minimum absolute atomic E-state index is 0.736. The van der Waals surface area contributed by atoms with Gasteiger partial charge in [0.1, 0.15) is 8.07 Å². The van der Waals surface area contributed by atoms with Crippen molar-refractivity contribution in [3.63, 3.8) is 0 Å². The van der Waals surface area contributed by atoms with E-state index >= 15 is 0 Å². The SMILES string of the molecule is CCCCC1=C([Si](C)(C)C2=C(CCCC)[CH]c3cccc(-c4ccc(C5CCCCC5)cc4)c32)c2c(cccc2-c2ccc(C3CCCCC3)cc2)[CH]1. The van der Waals surface area contributed by atoms with Crippen LogP contribution in [0.5, 0.6) is 0 Å². The summed E-state index contributed by atoms with van der Waals surface area (Å²) in [6.45, 7) is 10.1. The Balaban J connectivity index is 1.24. The molecule has 0 saturated heterocycles. The van der Waals surface area contributed by atoms with Crippen LogP contribution in [0.25, 0.3) is 32.6 Å². The maximum absolute atomic E-state index is 2.70. The van der Waals surface area contributed by atoms with E-state index in [-0.39, 0.29) is 0 Å². The van der Waals surface area contributed by atoms with E-state index in [0.29, 0.717) is 0 Å². The van der Waals surface area contributed by atoms with Crippen molar-refractivity contribution in [3.05, 3.63) is 142 Å². The molecule has 4 aromatic rings. The molecule has 2 fully saturated rings. The fourth-order valence-electron chi connectivity index (χ4n) is 10.7. The lowest BCUT2D eigenvalue weighted by Gasteiger charge is -2.33. The van der Waals surface area contributed by atoms with Gasteiger partial charge in [0.15, 0.2) is 0 Å². The Morgan fingerprint density at radius 2 is 0.887 bits per heavy atom. The molecule has 4 aliphatic rings. The van der Waals surface area contributed by atoms with Crippen molar-refractivity contribution >= 4 is 18.5 Å². The van der Waals surface area contributed by atoms with Crippen molar-refractivity contribution in [3.8, 4) is 22.3 Å². The molecule has 274 valence electrons. The van der Waals surface area contributed by atoms with Crippen molar-refractivity contribution in [1.29, 1.82) is 0 Å². The largest absolute Gasteiger partial charge is 0.113 e. The van der Waals surface area contributed by atoms with Gasteiger partial charge in [0.05, 0.1) is 0 Å². The predicted octanol–water partition coefficient (Wildman–Crippen LogP) is 15.6. The van der Waals surface area contributed by atoms with Crippen LogP contribution in [-0.4, -0.2) is 8.07 Å². The predicted molar refractivity (Wildman–Crippen MR) is 233 cm³/mol. The molecule has 0 N–H and O–H groups in total. The fourth-order valence-corrected chi connectivity index (χ4v) is 14.7. The second kappa shape index (κ2) is 16.1. The summed E-state index contributed by atoms with van der Waals surface area (Å²) in [4.78, 5) is 0. The first-order valence-electron chi connectivity index (χ1n) is 21.6. The van der Waals surface area contributed by atoms with Crippen LogP contribution in [0.1, 0.15) is 162 Å². The average Bonchev–Trinajstić information content (AvgIpc) is 3.79. The lowest BCUT2D eigenvalue weighted by atomic mass is 9.83. The van der Waals surface area contributed by atoms with Gasteiger partial charge in [0, 0.05) is 12.8 Å². The van der Waals surface area contributed by atoms with Crippen LogP contribution >= 0.6 is 0 Å². The molecular weight excluding hydrogens is 653 g/mol. The van der Waals surface area contributed by atoms with Gasteiger partial charge in [-0.25, -0.2) is 0 Å². The van der Waals surface area contributed by atoms with Crippen LogP contribution in [0.2, 0.25) is 13.1 Å². The van der Waals surface area contributed by atoms with Gasteiger partial charge >= 0.3 is 0 Å². The van der Waals surface area contributed by atoms with Crippen molar-refractivity contribution in [2.75, 3.05) is 0 Å². The van der Waals surface area contributed by atoms with E-state index in [0.717, 1.165) is 24.7 Å². The third-order valence-corrected chi connectivity index (χ3v) is 17.1. The monoisotopic (exact) mass is 714 g/mol. The van der Waals surface area contributed by atoms with Gasteiger partial charge in [-0.15, -0.1) is 0 Å². The minimum atomic E-state index is -2.27. The van der Waals surface area contributed by atoms with Crippen LogP contribution in [0, 0.1) is 12.8 Å². The highest BCUT2D eigenvalue weighted by Gasteiger charge is 2.43. The zero-order chi connectivity index (χ0) is 36.4. The molecule has 2 saturated carbocycles. The Labute approximate surface area is 323 Å². The fraction of sp³-hybridized carbons (Fsp3) is 0.423. The number of unbranched alkanes of at least 4 members (excludes halogenated alkanes) is 2. The van der Waals surface area contributed by atoms with Crippen molar-refractivity contribution < 1.29 is 0 Å². The molecule has 4 aromatic carbocycles. The van der Waals surface area contributed by atoms with Gasteiger partial charge in [-0.3, -0.25) is 0 Å². The number of fused-ring (bicyclic) bond motifs is 2. The Kier molecular flexibility index (Phi) is 11.1. The zero-order valence-corrected chi connectivity index (χ0v) is 34.2. The van der Waals surface area contributed by atoms with E-state index in [4.69, 9.17) is 0 Å². The highest BCUT2D eigenvalue weighted by Crippen LogP contribution is 2.55. The van der Waals surface area contributed by atoms with Crippen LogP contribution in [0.3, 0.4) is 0 Å². The Morgan fingerprint density at radius 3 is 1.26 bits per heavy atom. The lowest BCUT2D eigenvalue weighted by molar-refractivity contribution is 0.443. The summed E-state index contributed by atoms with van der Waals surface area (Å²) in [5.74, 6) is 1.47. The van der Waals surface area contributed by atoms with Crippen LogP contribution in [0.4, 0.5) is 0 Å². The van der Waals surface area contributed by atoms with E-state index in [1.54, 1.807) is 32.7 Å². The Bertz CT molecular complexity index is 1810. The first-order valence-corrected chi connectivity index (χ1v) is 24.6. The van der Waals surface area contributed by atoms with Gasteiger partial charge < -0.3 is 0 Å². The molecule has 0 nitrogen and oxygen atoms in total. The first kappa shape index (κ1) is 36.5. The molecule has 0 amide bonds. The first-order chi connectivity index (χ1) is 26.0.